The lowest BCUT2D eigenvalue weighted by atomic mass is 10.1. The maximum absolute atomic E-state index is 10.9. The van der Waals surface area contributed by atoms with Crippen molar-refractivity contribution in [2.45, 2.75) is 6.10 Å². The van der Waals surface area contributed by atoms with Gasteiger partial charge in [-0.2, -0.15) is 0 Å². The molecule has 0 aliphatic heterocycles. The molecule has 0 saturated carbocycles. The zero-order chi connectivity index (χ0) is 14.5. The normalized spacial score (nSPS) is 11.9. The molecule has 1 amide bonds. The van der Waals surface area contributed by atoms with E-state index in [0.29, 0.717) is 17.1 Å². The van der Waals surface area contributed by atoms with E-state index in [2.05, 4.69) is 5.32 Å². The second kappa shape index (κ2) is 6.41. The molecular formula is C15H15ClN2O2. The van der Waals surface area contributed by atoms with Crippen molar-refractivity contribution >= 4 is 23.2 Å². The van der Waals surface area contributed by atoms with E-state index >= 15 is 0 Å². The highest BCUT2D eigenvalue weighted by Gasteiger charge is 2.07. The summed E-state index contributed by atoms with van der Waals surface area (Å²) in [5.74, 6) is -0.460. The van der Waals surface area contributed by atoms with Crippen molar-refractivity contribution in [1.29, 1.82) is 0 Å². The number of halogens is 1. The molecule has 2 aromatic carbocycles. The van der Waals surface area contributed by atoms with Crippen LogP contribution in [0.15, 0.2) is 48.5 Å². The SMILES string of the molecule is NC(=O)c1ccc(NCC(O)c2ccc(Cl)cc2)cc1. The van der Waals surface area contributed by atoms with Crippen molar-refractivity contribution in [3.63, 3.8) is 0 Å². The molecule has 0 aliphatic carbocycles. The summed E-state index contributed by atoms with van der Waals surface area (Å²) in [6.45, 7) is 0.359. The standard InChI is InChI=1S/C15H15ClN2O2/c16-12-5-1-10(2-6-12)14(19)9-18-13-7-3-11(4-8-13)15(17)20/h1-8,14,18-19H,9H2,(H2,17,20). The highest BCUT2D eigenvalue weighted by Crippen LogP contribution is 2.17. The van der Waals surface area contributed by atoms with Gasteiger partial charge >= 0.3 is 0 Å². The summed E-state index contributed by atoms with van der Waals surface area (Å²) in [5.41, 5.74) is 7.21. The molecule has 20 heavy (non-hydrogen) atoms. The second-order valence-electron chi connectivity index (χ2n) is 4.39. The average molecular weight is 291 g/mol. The van der Waals surface area contributed by atoms with E-state index in [1.807, 2.05) is 0 Å². The number of hydrogen-bond acceptors (Lipinski definition) is 3. The second-order valence-corrected chi connectivity index (χ2v) is 4.83. The van der Waals surface area contributed by atoms with Gasteiger partial charge in [-0.15, -0.1) is 0 Å². The smallest absolute Gasteiger partial charge is 0.248 e. The van der Waals surface area contributed by atoms with Gasteiger partial charge in [0.15, 0.2) is 0 Å². The molecule has 104 valence electrons. The van der Waals surface area contributed by atoms with E-state index in [1.165, 1.54) is 0 Å². The Labute approximate surface area is 122 Å². The van der Waals surface area contributed by atoms with Crippen molar-refractivity contribution in [3.05, 3.63) is 64.7 Å². The summed E-state index contributed by atoms with van der Waals surface area (Å²) in [7, 11) is 0. The van der Waals surface area contributed by atoms with Crippen LogP contribution in [0.3, 0.4) is 0 Å². The van der Waals surface area contributed by atoms with E-state index in [-0.39, 0.29) is 0 Å². The quantitative estimate of drug-likeness (QED) is 0.792. The third kappa shape index (κ3) is 3.73. The minimum absolute atomic E-state index is 0.359. The van der Waals surface area contributed by atoms with Crippen LogP contribution in [-0.4, -0.2) is 17.6 Å². The number of aliphatic hydroxyl groups excluding tert-OH is 1. The number of hydrogen-bond donors (Lipinski definition) is 3. The van der Waals surface area contributed by atoms with E-state index in [4.69, 9.17) is 17.3 Å². The molecule has 5 heteroatoms. The summed E-state index contributed by atoms with van der Waals surface area (Å²) in [5, 5.41) is 13.8. The molecule has 0 aromatic heterocycles. The number of aliphatic hydroxyl groups is 1. The number of nitrogens with two attached hydrogens (primary N) is 1. The molecule has 0 bridgehead atoms. The van der Waals surface area contributed by atoms with Crippen molar-refractivity contribution in [2.75, 3.05) is 11.9 Å². The molecule has 0 radical (unpaired) electrons. The third-order valence-corrected chi connectivity index (χ3v) is 3.18. The number of nitrogens with one attached hydrogen (secondary N) is 1. The first-order valence-corrected chi connectivity index (χ1v) is 6.51. The summed E-state index contributed by atoms with van der Waals surface area (Å²) < 4.78 is 0. The zero-order valence-electron chi connectivity index (χ0n) is 10.7. The number of rotatable bonds is 5. The maximum atomic E-state index is 10.9. The third-order valence-electron chi connectivity index (χ3n) is 2.92. The van der Waals surface area contributed by atoms with Gasteiger partial charge in [0.1, 0.15) is 0 Å². The zero-order valence-corrected chi connectivity index (χ0v) is 11.5. The molecule has 0 fully saturated rings. The van der Waals surface area contributed by atoms with Gasteiger partial charge in [0.05, 0.1) is 6.10 Å². The maximum Gasteiger partial charge on any atom is 0.248 e. The number of carbonyl (C=O) groups is 1. The molecule has 2 aromatic rings. The van der Waals surface area contributed by atoms with Crippen LogP contribution in [0, 0.1) is 0 Å². The largest absolute Gasteiger partial charge is 0.387 e. The van der Waals surface area contributed by atoms with Crippen LogP contribution in [-0.2, 0) is 0 Å². The summed E-state index contributed by atoms with van der Waals surface area (Å²) in [4.78, 5) is 10.9. The van der Waals surface area contributed by atoms with Crippen LogP contribution in [0.2, 0.25) is 5.02 Å². The summed E-state index contributed by atoms with van der Waals surface area (Å²) in [6, 6.07) is 13.8. The Bertz CT molecular complexity index is 582. The Balaban J connectivity index is 1.94. The number of amides is 1. The molecule has 1 atom stereocenters. The fourth-order valence-corrected chi connectivity index (χ4v) is 1.90. The number of carbonyl (C=O) groups excluding carboxylic acids is 1. The van der Waals surface area contributed by atoms with Crippen molar-refractivity contribution in [2.24, 2.45) is 5.73 Å². The Morgan fingerprint density at radius 3 is 2.30 bits per heavy atom. The van der Waals surface area contributed by atoms with Gasteiger partial charge in [-0.05, 0) is 42.0 Å². The Morgan fingerprint density at radius 2 is 1.75 bits per heavy atom. The van der Waals surface area contributed by atoms with Gasteiger partial charge in [0.25, 0.3) is 0 Å². The number of anilines is 1. The monoisotopic (exact) mass is 290 g/mol. The number of benzene rings is 2. The summed E-state index contributed by atoms with van der Waals surface area (Å²) in [6.07, 6.45) is -0.636. The highest BCUT2D eigenvalue weighted by atomic mass is 35.5. The molecule has 0 aliphatic rings. The molecule has 0 heterocycles. The van der Waals surface area contributed by atoms with Crippen molar-refractivity contribution in [1.82, 2.24) is 0 Å². The molecule has 2 rings (SSSR count). The topological polar surface area (TPSA) is 75.4 Å². The molecular weight excluding hydrogens is 276 g/mol. The predicted molar refractivity (Wildman–Crippen MR) is 79.9 cm³/mol. The van der Waals surface area contributed by atoms with Gasteiger partial charge in [0.2, 0.25) is 5.91 Å². The first-order chi connectivity index (χ1) is 9.56. The fourth-order valence-electron chi connectivity index (χ4n) is 1.77. The average Bonchev–Trinajstić information content (AvgIpc) is 2.46. The van der Waals surface area contributed by atoms with E-state index < -0.39 is 12.0 Å². The lowest BCUT2D eigenvalue weighted by Gasteiger charge is -2.13. The minimum atomic E-state index is -0.636. The van der Waals surface area contributed by atoms with Crippen LogP contribution < -0.4 is 11.1 Å². The fraction of sp³-hybridized carbons (Fsp3) is 0.133. The summed E-state index contributed by atoms with van der Waals surface area (Å²) >= 11 is 5.79. The van der Waals surface area contributed by atoms with Crippen LogP contribution in [0.1, 0.15) is 22.0 Å². The van der Waals surface area contributed by atoms with Crippen molar-refractivity contribution in [3.8, 4) is 0 Å². The lowest BCUT2D eigenvalue weighted by molar-refractivity contribution is 0.100. The van der Waals surface area contributed by atoms with Gasteiger partial charge in [-0.1, -0.05) is 23.7 Å². The molecule has 0 spiro atoms. The molecule has 0 saturated heterocycles. The van der Waals surface area contributed by atoms with Gasteiger partial charge in [-0.3, -0.25) is 4.79 Å². The van der Waals surface area contributed by atoms with Crippen LogP contribution in [0.25, 0.3) is 0 Å². The highest BCUT2D eigenvalue weighted by molar-refractivity contribution is 6.30. The molecule has 4 N–H and O–H groups in total. The van der Waals surface area contributed by atoms with Crippen LogP contribution in [0.5, 0.6) is 0 Å². The number of primary amides is 1. The van der Waals surface area contributed by atoms with Crippen LogP contribution >= 0.6 is 11.6 Å². The first kappa shape index (κ1) is 14.4. The van der Waals surface area contributed by atoms with Crippen molar-refractivity contribution < 1.29 is 9.90 Å². The molecule has 1 unspecified atom stereocenters. The van der Waals surface area contributed by atoms with Gasteiger partial charge in [-0.25, -0.2) is 0 Å². The molecule has 4 nitrogen and oxygen atoms in total. The van der Waals surface area contributed by atoms with Crippen LogP contribution in [0.4, 0.5) is 5.69 Å². The Morgan fingerprint density at radius 1 is 1.15 bits per heavy atom. The van der Waals surface area contributed by atoms with E-state index in [1.54, 1.807) is 48.5 Å². The van der Waals surface area contributed by atoms with Gasteiger partial charge in [0, 0.05) is 22.8 Å². The first-order valence-electron chi connectivity index (χ1n) is 6.13. The van der Waals surface area contributed by atoms with E-state index in [0.717, 1.165) is 11.3 Å². The Hall–Kier alpha value is -2.04. The predicted octanol–water partition coefficient (Wildman–Crippen LogP) is 2.58. The van der Waals surface area contributed by atoms with Gasteiger partial charge < -0.3 is 16.2 Å². The minimum Gasteiger partial charge on any atom is -0.387 e. The van der Waals surface area contributed by atoms with E-state index in [9.17, 15) is 9.90 Å². The lowest BCUT2D eigenvalue weighted by Crippen LogP contribution is -2.13. The Kier molecular flexibility index (Phi) is 4.61.